The van der Waals surface area contributed by atoms with Crippen molar-refractivity contribution in [3.8, 4) is 5.69 Å². The zero-order valence-electron chi connectivity index (χ0n) is 22.3. The molecule has 1 N–H and O–H groups in total. The second-order valence-corrected chi connectivity index (χ2v) is 11.2. The number of hydrogen-bond donors (Lipinski definition) is 1. The Bertz CT molecular complexity index is 1590. The summed E-state index contributed by atoms with van der Waals surface area (Å²) in [5, 5.41) is 4.14. The van der Waals surface area contributed by atoms with Crippen LogP contribution in [0.1, 0.15) is 33.6 Å². The van der Waals surface area contributed by atoms with Crippen molar-refractivity contribution in [1.29, 1.82) is 0 Å². The van der Waals surface area contributed by atoms with E-state index in [-0.39, 0.29) is 4.90 Å². The van der Waals surface area contributed by atoms with Crippen LogP contribution in [0, 0.1) is 34.6 Å². The number of carbonyl (C=O) groups is 1. The first-order valence-corrected chi connectivity index (χ1v) is 13.7. The van der Waals surface area contributed by atoms with Crippen molar-refractivity contribution >= 4 is 27.8 Å². The highest BCUT2D eigenvalue weighted by Gasteiger charge is 2.27. The third-order valence-corrected chi connectivity index (χ3v) is 8.34. The zero-order valence-corrected chi connectivity index (χ0v) is 23.1. The van der Waals surface area contributed by atoms with Crippen LogP contribution in [-0.4, -0.2) is 31.7 Å². The third-order valence-electron chi connectivity index (χ3n) is 6.55. The summed E-state index contributed by atoms with van der Waals surface area (Å²) in [4.78, 5) is 13.0. The van der Waals surface area contributed by atoms with E-state index in [1.54, 1.807) is 36.5 Å². The van der Waals surface area contributed by atoms with Crippen LogP contribution in [0.3, 0.4) is 0 Å². The van der Waals surface area contributed by atoms with Gasteiger partial charge in [0.2, 0.25) is 0 Å². The average Bonchev–Trinajstić information content (AvgIpc) is 3.18. The average molecular weight is 529 g/mol. The molecule has 0 aliphatic rings. The molecule has 1 aromatic heterocycles. The van der Waals surface area contributed by atoms with Gasteiger partial charge in [-0.05, 0) is 88.2 Å². The first-order chi connectivity index (χ1) is 18.1. The molecule has 8 heteroatoms. The molecular formula is C30H32N4O3S. The van der Waals surface area contributed by atoms with E-state index in [9.17, 15) is 13.2 Å². The standard InChI is InChI=1S/C30H32N4O3S/c1-21-11-14-27(15-12-21)34-24(4)18-26(25(34)5)19-31-32-30(35)20-33(28-16-13-22(2)23(3)17-28)38(36,37)29-9-7-6-8-10-29/h6-19H,20H2,1-5H3,(H,32,35)/b31-19+. The molecule has 0 aliphatic heterocycles. The molecule has 196 valence electrons. The Morgan fingerprint density at radius 1 is 0.895 bits per heavy atom. The lowest BCUT2D eigenvalue weighted by Gasteiger charge is -2.24. The fourth-order valence-corrected chi connectivity index (χ4v) is 5.70. The topological polar surface area (TPSA) is 83.8 Å². The van der Waals surface area contributed by atoms with Gasteiger partial charge in [-0.1, -0.05) is 42.0 Å². The summed E-state index contributed by atoms with van der Waals surface area (Å²) in [5.41, 5.74) is 9.97. The van der Waals surface area contributed by atoms with Gasteiger partial charge in [0.15, 0.2) is 0 Å². The molecule has 3 aromatic carbocycles. The Balaban J connectivity index is 1.56. The Morgan fingerprint density at radius 2 is 1.58 bits per heavy atom. The monoisotopic (exact) mass is 528 g/mol. The molecule has 0 saturated carbocycles. The largest absolute Gasteiger partial charge is 0.318 e. The molecule has 0 spiro atoms. The van der Waals surface area contributed by atoms with E-state index in [1.807, 2.05) is 46.8 Å². The van der Waals surface area contributed by atoms with Gasteiger partial charge in [0.1, 0.15) is 6.54 Å². The van der Waals surface area contributed by atoms with E-state index in [2.05, 4.69) is 39.4 Å². The summed E-state index contributed by atoms with van der Waals surface area (Å²) in [6, 6.07) is 23.7. The predicted octanol–water partition coefficient (Wildman–Crippen LogP) is 5.37. The number of rotatable bonds is 8. The maximum Gasteiger partial charge on any atom is 0.264 e. The van der Waals surface area contributed by atoms with Crippen molar-refractivity contribution in [2.45, 2.75) is 39.5 Å². The number of benzene rings is 3. The molecule has 4 aromatic rings. The number of anilines is 1. The number of aromatic nitrogens is 1. The van der Waals surface area contributed by atoms with Crippen LogP contribution < -0.4 is 9.73 Å². The van der Waals surface area contributed by atoms with Gasteiger partial charge in [-0.3, -0.25) is 9.10 Å². The van der Waals surface area contributed by atoms with E-state index in [0.29, 0.717) is 5.69 Å². The maximum atomic E-state index is 13.5. The minimum absolute atomic E-state index is 0.109. The molecule has 0 fully saturated rings. The molecule has 7 nitrogen and oxygen atoms in total. The van der Waals surface area contributed by atoms with Crippen LogP contribution in [0.2, 0.25) is 0 Å². The number of sulfonamides is 1. The van der Waals surface area contributed by atoms with Gasteiger partial charge in [-0.2, -0.15) is 5.10 Å². The molecule has 0 atom stereocenters. The van der Waals surface area contributed by atoms with Crippen molar-refractivity contribution in [1.82, 2.24) is 9.99 Å². The first-order valence-electron chi connectivity index (χ1n) is 12.3. The van der Waals surface area contributed by atoms with Crippen LogP contribution in [0.5, 0.6) is 0 Å². The first kappa shape index (κ1) is 26.9. The van der Waals surface area contributed by atoms with Crippen LogP contribution in [0.15, 0.2) is 88.9 Å². The van der Waals surface area contributed by atoms with Gasteiger partial charge in [0, 0.05) is 22.6 Å². The minimum atomic E-state index is -3.98. The van der Waals surface area contributed by atoms with E-state index in [1.165, 1.54) is 17.7 Å². The summed E-state index contributed by atoms with van der Waals surface area (Å²) in [5.74, 6) is -0.550. The van der Waals surface area contributed by atoms with Gasteiger partial charge in [0.25, 0.3) is 15.9 Å². The number of nitrogens with one attached hydrogen (secondary N) is 1. The van der Waals surface area contributed by atoms with Crippen molar-refractivity contribution in [2.75, 3.05) is 10.8 Å². The quantitative estimate of drug-likeness (QED) is 0.247. The predicted molar refractivity (Wildman–Crippen MR) is 153 cm³/mol. The van der Waals surface area contributed by atoms with E-state index in [4.69, 9.17) is 0 Å². The van der Waals surface area contributed by atoms with Crippen LogP contribution in [-0.2, 0) is 14.8 Å². The van der Waals surface area contributed by atoms with Gasteiger partial charge < -0.3 is 4.57 Å². The number of hydrogen-bond acceptors (Lipinski definition) is 4. The van der Waals surface area contributed by atoms with Crippen LogP contribution >= 0.6 is 0 Å². The highest BCUT2D eigenvalue weighted by Crippen LogP contribution is 2.26. The number of hydrazone groups is 1. The lowest BCUT2D eigenvalue weighted by Crippen LogP contribution is -2.39. The van der Waals surface area contributed by atoms with Crippen LogP contribution in [0.4, 0.5) is 5.69 Å². The van der Waals surface area contributed by atoms with Gasteiger partial charge in [0.05, 0.1) is 16.8 Å². The summed E-state index contributed by atoms with van der Waals surface area (Å²) in [7, 11) is -3.98. The van der Waals surface area contributed by atoms with Gasteiger partial charge >= 0.3 is 0 Å². The molecule has 0 radical (unpaired) electrons. The minimum Gasteiger partial charge on any atom is -0.318 e. The van der Waals surface area contributed by atoms with Crippen molar-refractivity contribution < 1.29 is 13.2 Å². The van der Waals surface area contributed by atoms with Gasteiger partial charge in [-0.15, -0.1) is 0 Å². The molecule has 38 heavy (non-hydrogen) atoms. The Hall–Kier alpha value is -4.17. The molecule has 0 bridgehead atoms. The number of carbonyl (C=O) groups excluding carboxylic acids is 1. The molecule has 1 heterocycles. The number of aryl methyl sites for hydroxylation is 4. The number of nitrogens with zero attached hydrogens (tertiary/aromatic N) is 3. The van der Waals surface area contributed by atoms with Crippen LogP contribution in [0.25, 0.3) is 5.69 Å². The SMILES string of the molecule is Cc1ccc(-n2c(C)cc(/C=N/NC(=O)CN(c3ccc(C)c(C)c3)S(=O)(=O)c3ccccc3)c2C)cc1. The summed E-state index contributed by atoms with van der Waals surface area (Å²) < 4.78 is 30.2. The highest BCUT2D eigenvalue weighted by atomic mass is 32.2. The highest BCUT2D eigenvalue weighted by molar-refractivity contribution is 7.92. The lowest BCUT2D eigenvalue weighted by molar-refractivity contribution is -0.119. The third kappa shape index (κ3) is 5.70. The van der Waals surface area contributed by atoms with E-state index < -0.39 is 22.5 Å². The number of amides is 1. The summed E-state index contributed by atoms with van der Waals surface area (Å²) in [6.07, 6.45) is 1.58. The fourth-order valence-electron chi connectivity index (χ4n) is 4.26. The summed E-state index contributed by atoms with van der Waals surface area (Å²) >= 11 is 0. The van der Waals surface area contributed by atoms with E-state index in [0.717, 1.165) is 38.1 Å². The molecular weight excluding hydrogens is 496 g/mol. The zero-order chi connectivity index (χ0) is 27.4. The Morgan fingerprint density at radius 3 is 2.24 bits per heavy atom. The Kier molecular flexibility index (Phi) is 7.83. The molecule has 0 saturated heterocycles. The lowest BCUT2D eigenvalue weighted by atomic mass is 10.1. The smallest absolute Gasteiger partial charge is 0.264 e. The Labute approximate surface area is 224 Å². The molecule has 4 rings (SSSR count). The molecule has 0 aliphatic carbocycles. The van der Waals surface area contributed by atoms with Gasteiger partial charge in [-0.25, -0.2) is 13.8 Å². The molecule has 0 unspecified atom stereocenters. The second kappa shape index (κ2) is 11.1. The van der Waals surface area contributed by atoms with Crippen molar-refractivity contribution in [2.24, 2.45) is 5.10 Å². The van der Waals surface area contributed by atoms with Crippen molar-refractivity contribution in [3.05, 3.63) is 113 Å². The fraction of sp³-hybridized carbons (Fsp3) is 0.200. The van der Waals surface area contributed by atoms with E-state index >= 15 is 0 Å². The summed E-state index contributed by atoms with van der Waals surface area (Å²) in [6.45, 7) is 9.49. The maximum absolute atomic E-state index is 13.5. The second-order valence-electron chi connectivity index (χ2n) is 9.38. The van der Waals surface area contributed by atoms with Crippen molar-refractivity contribution in [3.63, 3.8) is 0 Å². The molecule has 1 amide bonds. The normalized spacial score (nSPS) is 11.6.